The standard InChI is InChI=1S/C14H15N5O2/c15-12(20)11-4-2-6-17-13(11)18-7-8-19-14(21)10-3-1-5-16-9-10/h1-6,9H,7-8H2,(H2,15,20)(H,17,18)(H,19,21). The number of hydrogen-bond donors (Lipinski definition) is 3. The van der Waals surface area contributed by atoms with Gasteiger partial charge in [0.25, 0.3) is 11.8 Å². The van der Waals surface area contributed by atoms with Crippen molar-refractivity contribution in [1.29, 1.82) is 0 Å². The molecule has 2 amide bonds. The number of nitrogens with two attached hydrogens (primary N) is 1. The van der Waals surface area contributed by atoms with Crippen molar-refractivity contribution < 1.29 is 9.59 Å². The maximum absolute atomic E-state index is 11.8. The molecule has 2 heterocycles. The number of carbonyl (C=O) groups excluding carboxylic acids is 2. The lowest BCUT2D eigenvalue weighted by molar-refractivity contribution is 0.0953. The number of hydrogen-bond acceptors (Lipinski definition) is 5. The normalized spacial score (nSPS) is 9.90. The van der Waals surface area contributed by atoms with E-state index in [-0.39, 0.29) is 5.91 Å². The van der Waals surface area contributed by atoms with Crippen LogP contribution in [0.3, 0.4) is 0 Å². The number of aromatic nitrogens is 2. The summed E-state index contributed by atoms with van der Waals surface area (Å²) in [5, 5.41) is 5.69. The third-order valence-corrected chi connectivity index (χ3v) is 2.70. The zero-order valence-electron chi connectivity index (χ0n) is 11.2. The van der Waals surface area contributed by atoms with Crippen molar-refractivity contribution in [2.75, 3.05) is 18.4 Å². The Morgan fingerprint density at radius 3 is 2.67 bits per heavy atom. The minimum absolute atomic E-state index is 0.207. The van der Waals surface area contributed by atoms with E-state index in [4.69, 9.17) is 5.73 Å². The summed E-state index contributed by atoms with van der Waals surface area (Å²) in [6, 6.07) is 6.60. The second-order valence-electron chi connectivity index (χ2n) is 4.19. The minimum atomic E-state index is -0.551. The van der Waals surface area contributed by atoms with Crippen molar-refractivity contribution >= 4 is 17.6 Å². The average Bonchev–Trinajstić information content (AvgIpc) is 2.52. The van der Waals surface area contributed by atoms with E-state index in [1.807, 2.05) is 0 Å². The SMILES string of the molecule is NC(=O)c1cccnc1NCCNC(=O)c1cccnc1. The van der Waals surface area contributed by atoms with E-state index in [2.05, 4.69) is 20.6 Å². The van der Waals surface area contributed by atoms with Crippen LogP contribution in [0.15, 0.2) is 42.9 Å². The quantitative estimate of drug-likeness (QED) is 0.666. The van der Waals surface area contributed by atoms with Crippen molar-refractivity contribution in [3.8, 4) is 0 Å². The van der Waals surface area contributed by atoms with Gasteiger partial charge in [-0.25, -0.2) is 4.98 Å². The van der Waals surface area contributed by atoms with Crippen LogP contribution in [0, 0.1) is 0 Å². The van der Waals surface area contributed by atoms with Crippen molar-refractivity contribution in [3.63, 3.8) is 0 Å². The summed E-state index contributed by atoms with van der Waals surface area (Å²) in [5.74, 6) is -0.355. The van der Waals surface area contributed by atoms with Crippen molar-refractivity contribution in [2.24, 2.45) is 5.73 Å². The molecule has 4 N–H and O–H groups in total. The first kappa shape index (κ1) is 14.4. The summed E-state index contributed by atoms with van der Waals surface area (Å²) in [7, 11) is 0. The van der Waals surface area contributed by atoms with Gasteiger partial charge in [-0.15, -0.1) is 0 Å². The molecule has 2 rings (SSSR count). The Bertz CT molecular complexity index is 630. The maximum Gasteiger partial charge on any atom is 0.252 e. The van der Waals surface area contributed by atoms with Gasteiger partial charge in [-0.3, -0.25) is 14.6 Å². The second-order valence-corrected chi connectivity index (χ2v) is 4.19. The molecule has 0 saturated carbocycles. The molecule has 0 aliphatic rings. The summed E-state index contributed by atoms with van der Waals surface area (Å²) in [5.41, 5.74) is 6.06. The highest BCUT2D eigenvalue weighted by Crippen LogP contribution is 2.09. The fourth-order valence-electron chi connectivity index (χ4n) is 1.70. The highest BCUT2D eigenvalue weighted by molar-refractivity contribution is 5.97. The minimum Gasteiger partial charge on any atom is -0.368 e. The first-order valence-electron chi connectivity index (χ1n) is 6.35. The van der Waals surface area contributed by atoms with Crippen LogP contribution in [-0.4, -0.2) is 34.9 Å². The predicted molar refractivity (Wildman–Crippen MR) is 77.8 cm³/mol. The smallest absolute Gasteiger partial charge is 0.252 e. The average molecular weight is 285 g/mol. The third-order valence-electron chi connectivity index (χ3n) is 2.70. The molecule has 0 aromatic carbocycles. The Hall–Kier alpha value is -2.96. The van der Waals surface area contributed by atoms with Gasteiger partial charge in [-0.2, -0.15) is 0 Å². The van der Waals surface area contributed by atoms with Crippen LogP contribution in [0.2, 0.25) is 0 Å². The van der Waals surface area contributed by atoms with Crippen LogP contribution in [0.5, 0.6) is 0 Å². The molecule has 7 heteroatoms. The monoisotopic (exact) mass is 285 g/mol. The van der Waals surface area contributed by atoms with E-state index in [0.29, 0.717) is 30.0 Å². The molecule has 0 unspecified atom stereocenters. The highest BCUT2D eigenvalue weighted by atomic mass is 16.2. The van der Waals surface area contributed by atoms with E-state index in [1.54, 1.807) is 36.7 Å². The van der Waals surface area contributed by atoms with Gasteiger partial charge in [-0.05, 0) is 24.3 Å². The van der Waals surface area contributed by atoms with Crippen molar-refractivity contribution in [2.45, 2.75) is 0 Å². The van der Waals surface area contributed by atoms with E-state index >= 15 is 0 Å². The second kappa shape index (κ2) is 6.99. The Kier molecular flexibility index (Phi) is 4.81. The van der Waals surface area contributed by atoms with E-state index < -0.39 is 5.91 Å². The Balaban J connectivity index is 1.83. The Labute approximate surface area is 121 Å². The topological polar surface area (TPSA) is 110 Å². The molecule has 0 aliphatic carbocycles. The molecular weight excluding hydrogens is 270 g/mol. The fourth-order valence-corrected chi connectivity index (χ4v) is 1.70. The number of anilines is 1. The molecule has 0 aliphatic heterocycles. The summed E-state index contributed by atoms with van der Waals surface area (Å²) < 4.78 is 0. The zero-order chi connectivity index (χ0) is 15.1. The maximum atomic E-state index is 11.8. The lowest BCUT2D eigenvalue weighted by Gasteiger charge is -2.09. The van der Waals surface area contributed by atoms with Gasteiger partial charge < -0.3 is 16.4 Å². The number of pyridine rings is 2. The zero-order valence-corrected chi connectivity index (χ0v) is 11.2. The van der Waals surface area contributed by atoms with Crippen LogP contribution in [0.1, 0.15) is 20.7 Å². The molecule has 7 nitrogen and oxygen atoms in total. The first-order chi connectivity index (χ1) is 10.2. The summed E-state index contributed by atoms with van der Waals surface area (Å²) >= 11 is 0. The number of rotatable bonds is 6. The molecule has 0 atom stereocenters. The van der Waals surface area contributed by atoms with E-state index in [1.165, 1.54) is 6.20 Å². The number of nitrogens with zero attached hydrogens (tertiary/aromatic N) is 2. The van der Waals surface area contributed by atoms with Crippen LogP contribution in [0.25, 0.3) is 0 Å². The molecule has 0 saturated heterocycles. The Morgan fingerprint density at radius 1 is 1.14 bits per heavy atom. The third kappa shape index (κ3) is 4.00. The lowest BCUT2D eigenvalue weighted by Crippen LogP contribution is -2.29. The molecule has 0 bridgehead atoms. The molecular formula is C14H15N5O2. The molecule has 0 radical (unpaired) electrons. The lowest BCUT2D eigenvalue weighted by atomic mass is 10.2. The van der Waals surface area contributed by atoms with Crippen LogP contribution in [-0.2, 0) is 0 Å². The van der Waals surface area contributed by atoms with Crippen LogP contribution >= 0.6 is 0 Å². The molecule has 2 aromatic heterocycles. The van der Waals surface area contributed by atoms with Crippen LogP contribution < -0.4 is 16.4 Å². The van der Waals surface area contributed by atoms with Gasteiger partial charge in [-0.1, -0.05) is 0 Å². The van der Waals surface area contributed by atoms with Gasteiger partial charge in [0, 0.05) is 31.7 Å². The number of primary amides is 1. The van der Waals surface area contributed by atoms with Crippen molar-refractivity contribution in [3.05, 3.63) is 54.0 Å². The van der Waals surface area contributed by atoms with E-state index in [9.17, 15) is 9.59 Å². The molecule has 2 aromatic rings. The molecule has 0 fully saturated rings. The summed E-state index contributed by atoms with van der Waals surface area (Å²) in [6.45, 7) is 0.797. The first-order valence-corrected chi connectivity index (χ1v) is 6.35. The number of nitrogens with one attached hydrogen (secondary N) is 2. The fraction of sp³-hybridized carbons (Fsp3) is 0.143. The predicted octanol–water partition coefficient (Wildman–Crippen LogP) is 0.417. The van der Waals surface area contributed by atoms with Crippen LogP contribution in [0.4, 0.5) is 5.82 Å². The van der Waals surface area contributed by atoms with Gasteiger partial charge in [0.05, 0.1) is 11.1 Å². The summed E-state index contributed by atoms with van der Waals surface area (Å²) in [6.07, 6.45) is 4.65. The number of carbonyl (C=O) groups is 2. The van der Waals surface area contributed by atoms with Gasteiger partial charge in [0.15, 0.2) is 0 Å². The highest BCUT2D eigenvalue weighted by Gasteiger charge is 2.08. The van der Waals surface area contributed by atoms with Gasteiger partial charge in [0.1, 0.15) is 5.82 Å². The summed E-state index contributed by atoms with van der Waals surface area (Å²) in [4.78, 5) is 30.9. The largest absolute Gasteiger partial charge is 0.368 e. The van der Waals surface area contributed by atoms with Crippen molar-refractivity contribution in [1.82, 2.24) is 15.3 Å². The molecule has 0 spiro atoms. The number of amides is 2. The Morgan fingerprint density at radius 2 is 1.95 bits per heavy atom. The van der Waals surface area contributed by atoms with E-state index in [0.717, 1.165) is 0 Å². The van der Waals surface area contributed by atoms with Gasteiger partial charge >= 0.3 is 0 Å². The molecule has 108 valence electrons. The van der Waals surface area contributed by atoms with Gasteiger partial charge in [0.2, 0.25) is 0 Å². The molecule has 21 heavy (non-hydrogen) atoms.